The molecule has 0 saturated heterocycles. The van der Waals surface area contributed by atoms with Gasteiger partial charge >= 0.3 is 6.03 Å². The summed E-state index contributed by atoms with van der Waals surface area (Å²) in [7, 11) is 0. The Morgan fingerprint density at radius 3 is 2.86 bits per heavy atom. The maximum Gasteiger partial charge on any atom is 0.352 e. The number of hydrogen-bond donors (Lipinski definition) is 2. The molecule has 72 valence electrons. The summed E-state index contributed by atoms with van der Waals surface area (Å²) in [6.45, 7) is 0. The van der Waals surface area contributed by atoms with Gasteiger partial charge in [0.15, 0.2) is 0 Å². The van der Waals surface area contributed by atoms with Crippen LogP contribution < -0.4 is 10.4 Å². The normalized spacial score (nSPS) is 14.1. The van der Waals surface area contributed by atoms with E-state index >= 15 is 0 Å². The van der Waals surface area contributed by atoms with Crippen LogP contribution in [0.5, 0.6) is 0 Å². The Balaban J connectivity index is 2.44. The molecule has 1 aliphatic heterocycles. The fraction of sp³-hybridized carbons (Fsp3) is 0.111. The predicted molar refractivity (Wildman–Crippen MR) is 48.0 cm³/mol. The van der Waals surface area contributed by atoms with Gasteiger partial charge in [0.05, 0.1) is 12.1 Å². The van der Waals surface area contributed by atoms with Crippen molar-refractivity contribution in [3.05, 3.63) is 29.8 Å². The van der Waals surface area contributed by atoms with Crippen molar-refractivity contribution < 1.29 is 14.8 Å². The van der Waals surface area contributed by atoms with Gasteiger partial charge in [0, 0.05) is 0 Å². The van der Waals surface area contributed by atoms with E-state index in [4.69, 9.17) is 5.21 Å². The van der Waals surface area contributed by atoms with E-state index in [0.717, 1.165) is 10.5 Å². The summed E-state index contributed by atoms with van der Waals surface area (Å²) in [5.74, 6) is -0.335. The van der Waals surface area contributed by atoms with Crippen molar-refractivity contribution in [2.24, 2.45) is 0 Å². The van der Waals surface area contributed by atoms with Crippen LogP contribution in [0.1, 0.15) is 5.56 Å². The van der Waals surface area contributed by atoms with Gasteiger partial charge in [-0.1, -0.05) is 18.2 Å². The fourth-order valence-corrected chi connectivity index (χ4v) is 1.53. The molecule has 1 aromatic carbocycles. The highest BCUT2D eigenvalue weighted by Gasteiger charge is 2.31. The van der Waals surface area contributed by atoms with E-state index in [2.05, 4.69) is 0 Å². The van der Waals surface area contributed by atoms with Crippen molar-refractivity contribution in [2.75, 3.05) is 4.90 Å². The molecule has 0 bridgehead atoms. The van der Waals surface area contributed by atoms with Crippen LogP contribution in [-0.2, 0) is 11.2 Å². The quantitative estimate of drug-likeness (QED) is 0.469. The molecule has 14 heavy (non-hydrogen) atoms. The number of imide groups is 1. The average Bonchev–Trinajstić information content (AvgIpc) is 2.53. The Hall–Kier alpha value is -1.88. The van der Waals surface area contributed by atoms with E-state index < -0.39 is 6.03 Å². The number of rotatable bonds is 0. The molecular formula is C9H8N2O3. The Morgan fingerprint density at radius 2 is 2.14 bits per heavy atom. The molecule has 3 amide bonds. The number of nitrogens with zero attached hydrogens (tertiary/aromatic N) is 1. The molecule has 0 aliphatic carbocycles. The van der Waals surface area contributed by atoms with Crippen LogP contribution in [-0.4, -0.2) is 17.1 Å². The first-order valence-electron chi connectivity index (χ1n) is 4.09. The van der Waals surface area contributed by atoms with Crippen molar-refractivity contribution in [2.45, 2.75) is 6.42 Å². The summed E-state index contributed by atoms with van der Waals surface area (Å²) in [4.78, 5) is 23.4. The van der Waals surface area contributed by atoms with E-state index in [-0.39, 0.29) is 12.3 Å². The minimum atomic E-state index is -0.819. The van der Waals surface area contributed by atoms with Crippen LogP contribution in [0.3, 0.4) is 0 Å². The summed E-state index contributed by atoms with van der Waals surface area (Å²) in [5.41, 5.74) is 2.77. The largest absolute Gasteiger partial charge is 0.352 e. The molecule has 1 heterocycles. The SMILES string of the molecule is O=C1Cc2ccccc2N1C(=O)NO. The van der Waals surface area contributed by atoms with E-state index in [1.54, 1.807) is 24.3 Å². The standard InChI is InChI=1S/C9H8N2O3/c12-8-5-6-3-1-2-4-7(6)11(8)9(13)10-14/h1-4,14H,5H2,(H,10,13). The molecule has 0 radical (unpaired) electrons. The van der Waals surface area contributed by atoms with Crippen molar-refractivity contribution in [1.82, 2.24) is 5.48 Å². The van der Waals surface area contributed by atoms with Crippen LogP contribution in [0.4, 0.5) is 10.5 Å². The molecule has 5 heteroatoms. The van der Waals surface area contributed by atoms with Crippen LogP contribution >= 0.6 is 0 Å². The third-order valence-corrected chi connectivity index (χ3v) is 2.12. The third-order valence-electron chi connectivity index (χ3n) is 2.12. The van der Waals surface area contributed by atoms with Gasteiger partial charge in [-0.3, -0.25) is 10.0 Å². The van der Waals surface area contributed by atoms with Gasteiger partial charge in [-0.05, 0) is 11.6 Å². The lowest BCUT2D eigenvalue weighted by Crippen LogP contribution is -2.40. The number of nitrogens with one attached hydrogen (secondary N) is 1. The zero-order chi connectivity index (χ0) is 10.1. The van der Waals surface area contributed by atoms with Crippen LogP contribution in [0.2, 0.25) is 0 Å². The summed E-state index contributed by atoms with van der Waals surface area (Å²) in [6, 6.07) is 6.15. The number of carbonyl (C=O) groups is 2. The lowest BCUT2D eigenvalue weighted by Gasteiger charge is -2.13. The van der Waals surface area contributed by atoms with Crippen molar-refractivity contribution >= 4 is 17.6 Å². The van der Waals surface area contributed by atoms with Gasteiger partial charge < -0.3 is 0 Å². The zero-order valence-electron chi connectivity index (χ0n) is 7.23. The molecule has 1 aromatic rings. The molecular weight excluding hydrogens is 184 g/mol. The van der Waals surface area contributed by atoms with Crippen LogP contribution in [0, 0.1) is 0 Å². The monoisotopic (exact) mass is 192 g/mol. The second-order valence-corrected chi connectivity index (χ2v) is 2.95. The summed E-state index contributed by atoms with van der Waals surface area (Å²) < 4.78 is 0. The number of fused-ring (bicyclic) bond motifs is 1. The van der Waals surface area contributed by atoms with Gasteiger partial charge in [-0.2, -0.15) is 0 Å². The number of para-hydroxylation sites is 1. The molecule has 2 rings (SSSR count). The van der Waals surface area contributed by atoms with Crippen molar-refractivity contribution in [1.29, 1.82) is 0 Å². The highest BCUT2D eigenvalue weighted by atomic mass is 16.5. The van der Waals surface area contributed by atoms with E-state index in [9.17, 15) is 9.59 Å². The molecule has 0 unspecified atom stereocenters. The minimum Gasteiger partial charge on any atom is -0.287 e. The van der Waals surface area contributed by atoms with Gasteiger partial charge in [0.1, 0.15) is 0 Å². The molecule has 0 fully saturated rings. The van der Waals surface area contributed by atoms with Gasteiger partial charge in [-0.25, -0.2) is 15.2 Å². The molecule has 0 saturated carbocycles. The molecule has 0 atom stereocenters. The predicted octanol–water partition coefficient (Wildman–Crippen LogP) is 0.675. The van der Waals surface area contributed by atoms with Crippen LogP contribution in [0.25, 0.3) is 0 Å². The summed E-state index contributed by atoms with van der Waals surface area (Å²) in [5, 5.41) is 8.45. The zero-order valence-corrected chi connectivity index (χ0v) is 7.23. The number of hydrogen-bond acceptors (Lipinski definition) is 3. The first kappa shape index (κ1) is 8.71. The molecule has 0 aromatic heterocycles. The average molecular weight is 192 g/mol. The van der Waals surface area contributed by atoms with Crippen LogP contribution in [0.15, 0.2) is 24.3 Å². The second-order valence-electron chi connectivity index (χ2n) is 2.95. The van der Waals surface area contributed by atoms with Gasteiger partial charge in [-0.15, -0.1) is 0 Å². The highest BCUT2D eigenvalue weighted by molar-refractivity contribution is 6.18. The Morgan fingerprint density at radius 1 is 1.43 bits per heavy atom. The van der Waals surface area contributed by atoms with E-state index in [1.165, 1.54) is 5.48 Å². The molecule has 1 aliphatic rings. The molecule has 2 N–H and O–H groups in total. The lowest BCUT2D eigenvalue weighted by atomic mass is 10.2. The van der Waals surface area contributed by atoms with Crippen molar-refractivity contribution in [3.63, 3.8) is 0 Å². The molecule has 0 spiro atoms. The van der Waals surface area contributed by atoms with Gasteiger partial charge in [0.2, 0.25) is 5.91 Å². The number of urea groups is 1. The number of hydroxylamine groups is 1. The Kier molecular flexibility index (Phi) is 1.94. The second kappa shape index (κ2) is 3.12. The van der Waals surface area contributed by atoms with E-state index in [0.29, 0.717) is 5.69 Å². The fourth-order valence-electron chi connectivity index (χ4n) is 1.53. The number of anilines is 1. The maximum atomic E-state index is 11.4. The van der Waals surface area contributed by atoms with Gasteiger partial charge in [0.25, 0.3) is 0 Å². The topological polar surface area (TPSA) is 69.6 Å². The summed E-state index contributed by atoms with van der Waals surface area (Å²) in [6.07, 6.45) is 0.198. The number of amides is 3. The highest BCUT2D eigenvalue weighted by Crippen LogP contribution is 2.27. The lowest BCUT2D eigenvalue weighted by molar-refractivity contribution is -0.116. The maximum absolute atomic E-state index is 11.4. The Labute approximate surface area is 79.9 Å². The third kappa shape index (κ3) is 1.14. The van der Waals surface area contributed by atoms with E-state index in [1.807, 2.05) is 0 Å². The first-order valence-corrected chi connectivity index (χ1v) is 4.09. The molecule has 5 nitrogen and oxygen atoms in total. The number of benzene rings is 1. The number of carbonyl (C=O) groups excluding carboxylic acids is 2. The smallest absolute Gasteiger partial charge is 0.287 e. The summed E-state index contributed by atoms with van der Waals surface area (Å²) >= 11 is 0. The first-order chi connectivity index (χ1) is 6.74. The van der Waals surface area contributed by atoms with Crippen molar-refractivity contribution in [3.8, 4) is 0 Å². The Bertz CT molecular complexity index is 395. The minimum absolute atomic E-state index is 0.198.